The van der Waals surface area contributed by atoms with Gasteiger partial charge in [0.2, 0.25) is 0 Å². The van der Waals surface area contributed by atoms with Crippen LogP contribution >= 0.6 is 0 Å². The number of phenols is 1. The van der Waals surface area contributed by atoms with Crippen molar-refractivity contribution in [2.45, 2.75) is 25.4 Å². The first-order valence-corrected chi connectivity index (χ1v) is 9.81. The Morgan fingerprint density at radius 2 is 1.68 bits per heavy atom. The third kappa shape index (κ3) is 6.15. The van der Waals surface area contributed by atoms with Gasteiger partial charge in [-0.05, 0) is 48.4 Å². The molecule has 1 aliphatic heterocycles. The highest BCUT2D eigenvalue weighted by molar-refractivity contribution is 6.02. The van der Waals surface area contributed by atoms with E-state index in [2.05, 4.69) is 10.2 Å². The van der Waals surface area contributed by atoms with Gasteiger partial charge in [0.25, 0.3) is 11.8 Å². The van der Waals surface area contributed by atoms with Crippen molar-refractivity contribution in [2.75, 3.05) is 6.54 Å². The summed E-state index contributed by atoms with van der Waals surface area (Å²) in [6, 6.07) is 9.62. The molecule has 2 aromatic carbocycles. The summed E-state index contributed by atoms with van der Waals surface area (Å²) in [7, 11) is 0. The maximum atomic E-state index is 12.2. The van der Waals surface area contributed by atoms with Crippen LogP contribution in [-0.2, 0) is 25.6 Å². The maximum Gasteiger partial charge on any atom is 0.471 e. The molecule has 1 aliphatic rings. The van der Waals surface area contributed by atoms with E-state index < -0.39 is 29.9 Å². The average molecular weight is 478 g/mol. The number of nitrogens with zero attached hydrogens (tertiary/aromatic N) is 3. The van der Waals surface area contributed by atoms with Crippen LogP contribution in [0.2, 0.25) is 0 Å². The second kappa shape index (κ2) is 10.1. The van der Waals surface area contributed by atoms with Crippen LogP contribution in [0.3, 0.4) is 0 Å². The number of rotatable bonds is 7. The number of halogens is 3. The number of benzene rings is 2. The highest BCUT2D eigenvalue weighted by Gasteiger charge is 2.38. The Labute approximate surface area is 190 Å². The van der Waals surface area contributed by atoms with Gasteiger partial charge < -0.3 is 15.3 Å². The molecule has 34 heavy (non-hydrogen) atoms. The van der Waals surface area contributed by atoms with Crippen LogP contribution in [0.4, 0.5) is 24.5 Å². The van der Waals surface area contributed by atoms with Gasteiger partial charge in [0.1, 0.15) is 11.4 Å². The van der Waals surface area contributed by atoms with Gasteiger partial charge in [-0.15, -0.1) is 10.2 Å². The van der Waals surface area contributed by atoms with E-state index >= 15 is 0 Å². The first kappa shape index (κ1) is 24.4. The lowest BCUT2D eigenvalue weighted by Crippen LogP contribution is -2.37. The van der Waals surface area contributed by atoms with Gasteiger partial charge in [0.15, 0.2) is 0 Å². The van der Waals surface area contributed by atoms with Gasteiger partial charge in [-0.2, -0.15) is 18.3 Å². The number of alkyl halides is 3. The van der Waals surface area contributed by atoms with Crippen LogP contribution in [0.1, 0.15) is 28.8 Å². The normalized spacial score (nSPS) is 14.0. The van der Waals surface area contributed by atoms with E-state index in [4.69, 9.17) is 4.84 Å². The third-order valence-electron chi connectivity index (χ3n) is 4.55. The Kier molecular flexibility index (Phi) is 7.24. The molecular weight excluding hydrogens is 461 g/mol. The predicted molar refractivity (Wildman–Crippen MR) is 108 cm³/mol. The van der Waals surface area contributed by atoms with Gasteiger partial charge in [-0.3, -0.25) is 14.4 Å². The first-order chi connectivity index (χ1) is 16.0. The minimum absolute atomic E-state index is 0.0261. The number of hydroxylamine groups is 2. The topological polar surface area (TPSA) is 138 Å². The second-order valence-corrected chi connectivity index (χ2v) is 7.03. The standard InChI is InChI=1S/C21H17F3N4O6/c22-21(23,24)20(33)25-10-9-12-1-6-16(29)15(11-12)27-26-14-4-2-13(3-5-14)19(32)34-28-17(30)7-8-18(28)31/h1-6,11,29H,7-10H2,(H,25,33). The van der Waals surface area contributed by atoms with Crippen molar-refractivity contribution in [3.05, 3.63) is 53.6 Å². The van der Waals surface area contributed by atoms with Gasteiger partial charge >= 0.3 is 18.1 Å². The third-order valence-corrected chi connectivity index (χ3v) is 4.55. The number of phenolic OH excluding ortho intramolecular Hbond substituents is 1. The van der Waals surface area contributed by atoms with E-state index in [0.717, 1.165) is 0 Å². The van der Waals surface area contributed by atoms with Crippen LogP contribution in [0, 0.1) is 0 Å². The Morgan fingerprint density at radius 1 is 1.03 bits per heavy atom. The fraction of sp³-hybridized carbons (Fsp3) is 0.238. The van der Waals surface area contributed by atoms with Crippen LogP contribution < -0.4 is 5.32 Å². The largest absolute Gasteiger partial charge is 0.506 e. The summed E-state index contributed by atoms with van der Waals surface area (Å²) in [5.74, 6) is -4.39. The zero-order chi connectivity index (χ0) is 24.9. The molecule has 178 valence electrons. The molecule has 1 saturated heterocycles. The quantitative estimate of drug-likeness (QED) is 0.463. The van der Waals surface area contributed by atoms with Crippen molar-refractivity contribution in [2.24, 2.45) is 10.2 Å². The molecule has 0 radical (unpaired) electrons. The summed E-state index contributed by atoms with van der Waals surface area (Å²) in [6.07, 6.45) is -4.96. The molecule has 13 heteroatoms. The number of hydrogen-bond donors (Lipinski definition) is 2. The lowest BCUT2D eigenvalue weighted by molar-refractivity contribution is -0.173. The minimum Gasteiger partial charge on any atom is -0.506 e. The van der Waals surface area contributed by atoms with Crippen LogP contribution in [0.25, 0.3) is 0 Å². The molecule has 0 aliphatic carbocycles. The number of amides is 3. The van der Waals surface area contributed by atoms with Gasteiger partial charge in [-0.25, -0.2) is 4.79 Å². The molecule has 1 fully saturated rings. The molecular formula is C21H17F3N4O6. The highest BCUT2D eigenvalue weighted by atomic mass is 19.4. The average Bonchev–Trinajstić information content (AvgIpc) is 3.11. The lowest BCUT2D eigenvalue weighted by Gasteiger charge is -2.12. The number of aromatic hydroxyl groups is 1. The first-order valence-electron chi connectivity index (χ1n) is 9.81. The SMILES string of the molecule is O=C(ON1C(=O)CCC1=O)c1ccc(N=Nc2cc(CCNC(=O)C(F)(F)F)ccc2O)cc1. The fourth-order valence-corrected chi connectivity index (χ4v) is 2.79. The predicted octanol–water partition coefficient (Wildman–Crippen LogP) is 3.25. The Hall–Kier alpha value is -4.29. The van der Waals surface area contributed by atoms with Crippen LogP contribution in [0.5, 0.6) is 5.75 Å². The van der Waals surface area contributed by atoms with E-state index in [0.29, 0.717) is 10.6 Å². The summed E-state index contributed by atoms with van der Waals surface area (Å²) in [5, 5.41) is 19.9. The minimum atomic E-state index is -4.97. The lowest BCUT2D eigenvalue weighted by atomic mass is 10.1. The Balaban J connectivity index is 1.61. The molecule has 2 N–H and O–H groups in total. The molecule has 0 bridgehead atoms. The number of carbonyl (C=O) groups excluding carboxylic acids is 4. The van der Waals surface area contributed by atoms with Gasteiger partial charge in [0, 0.05) is 19.4 Å². The molecule has 3 rings (SSSR count). The van der Waals surface area contributed by atoms with Gasteiger partial charge in [-0.1, -0.05) is 6.07 Å². The zero-order valence-electron chi connectivity index (χ0n) is 17.3. The van der Waals surface area contributed by atoms with E-state index in [9.17, 15) is 37.5 Å². The van der Waals surface area contributed by atoms with Crippen molar-refractivity contribution in [3.8, 4) is 5.75 Å². The van der Waals surface area contributed by atoms with E-state index in [1.807, 2.05) is 0 Å². The monoisotopic (exact) mass is 478 g/mol. The molecule has 10 nitrogen and oxygen atoms in total. The number of azo groups is 1. The van der Waals surface area contributed by atoms with Gasteiger partial charge in [0.05, 0.1) is 11.3 Å². The molecule has 0 saturated carbocycles. The zero-order valence-corrected chi connectivity index (χ0v) is 17.3. The summed E-state index contributed by atoms with van der Waals surface area (Å²) in [6.45, 7) is -0.272. The summed E-state index contributed by atoms with van der Waals surface area (Å²) in [4.78, 5) is 50.8. The Bertz CT molecular complexity index is 1130. The molecule has 0 spiro atoms. The highest BCUT2D eigenvalue weighted by Crippen LogP contribution is 2.29. The molecule has 2 aromatic rings. The molecule has 0 atom stereocenters. The van der Waals surface area contributed by atoms with Crippen LogP contribution in [0.15, 0.2) is 52.7 Å². The van der Waals surface area contributed by atoms with E-state index in [1.54, 1.807) is 5.32 Å². The summed E-state index contributed by atoms with van der Waals surface area (Å²) >= 11 is 0. The summed E-state index contributed by atoms with van der Waals surface area (Å²) in [5.41, 5.74) is 0.872. The van der Waals surface area contributed by atoms with Crippen molar-refractivity contribution < 1.29 is 42.3 Å². The number of nitrogens with one attached hydrogen (secondary N) is 1. The second-order valence-electron chi connectivity index (χ2n) is 7.03. The Morgan fingerprint density at radius 3 is 2.29 bits per heavy atom. The smallest absolute Gasteiger partial charge is 0.471 e. The summed E-state index contributed by atoms with van der Waals surface area (Å²) < 4.78 is 36.7. The van der Waals surface area contributed by atoms with E-state index in [1.165, 1.54) is 42.5 Å². The number of hydrogen-bond acceptors (Lipinski definition) is 8. The number of imide groups is 1. The number of carbonyl (C=O) groups is 4. The molecule has 3 amide bonds. The van der Waals surface area contributed by atoms with Crippen LogP contribution in [-0.4, -0.2) is 46.6 Å². The molecule has 0 unspecified atom stereocenters. The molecule has 1 heterocycles. The van der Waals surface area contributed by atoms with E-state index in [-0.39, 0.29) is 48.5 Å². The molecule has 0 aromatic heterocycles. The van der Waals surface area contributed by atoms with Crippen molar-refractivity contribution in [1.82, 2.24) is 10.4 Å². The fourth-order valence-electron chi connectivity index (χ4n) is 2.79. The van der Waals surface area contributed by atoms with Crippen molar-refractivity contribution in [1.29, 1.82) is 0 Å². The maximum absolute atomic E-state index is 12.2. The van der Waals surface area contributed by atoms with Crippen molar-refractivity contribution in [3.63, 3.8) is 0 Å². The van der Waals surface area contributed by atoms with Crippen molar-refractivity contribution >= 4 is 35.1 Å².